The minimum atomic E-state index is -3.97. The largest absolute Gasteiger partial charge is 0.497 e. The molecule has 0 saturated carbocycles. The summed E-state index contributed by atoms with van der Waals surface area (Å²) < 4.78 is 52.4. The number of hydrogen-bond donors (Lipinski definition) is 2. The Labute approximate surface area is 289 Å². The zero-order chi connectivity index (χ0) is 34.8. The fourth-order valence-electron chi connectivity index (χ4n) is 4.92. The molecule has 0 aliphatic carbocycles. The number of sulfonamides is 1. The van der Waals surface area contributed by atoms with Gasteiger partial charge in [-0.05, 0) is 89.5 Å². The lowest BCUT2D eigenvalue weighted by Gasteiger charge is -2.31. The van der Waals surface area contributed by atoms with Crippen molar-refractivity contribution in [1.82, 2.24) is 10.2 Å². The maximum Gasteiger partial charge on any atom is 0.261 e. The number of methoxy groups -OCH3 is 1. The minimum absolute atomic E-state index is 0.0573. The predicted octanol–water partition coefficient (Wildman–Crippen LogP) is 6.75. The Hall–Kier alpha value is -5.39. The number of nitrogens with one attached hydrogen (secondary N) is 2. The van der Waals surface area contributed by atoms with Crippen molar-refractivity contribution in [3.8, 4) is 11.5 Å². The number of carbonyl (C=O) groups is 2. The summed E-state index contributed by atoms with van der Waals surface area (Å²) in [5, 5.41) is 3.53. The van der Waals surface area contributed by atoms with Crippen LogP contribution in [0, 0.1) is 5.82 Å². The lowest BCUT2D eigenvalue weighted by Crippen LogP contribution is -2.45. The molecule has 0 fully saturated rings. The third-order valence-corrected chi connectivity index (χ3v) is 9.13. The number of amides is 2. The van der Waals surface area contributed by atoms with Gasteiger partial charge in [0.05, 0.1) is 12.0 Å². The van der Waals surface area contributed by atoms with Gasteiger partial charge in [0.1, 0.15) is 23.4 Å². The van der Waals surface area contributed by atoms with E-state index in [2.05, 4.69) is 10.0 Å². The van der Waals surface area contributed by atoms with Gasteiger partial charge in [0, 0.05) is 23.8 Å². The highest BCUT2D eigenvalue weighted by atomic mass is 35.5. The van der Waals surface area contributed by atoms with E-state index in [-0.39, 0.29) is 29.4 Å². The summed E-state index contributed by atoms with van der Waals surface area (Å²) in [6.07, 6.45) is 0. The number of rotatable bonds is 14. The molecule has 0 spiro atoms. The van der Waals surface area contributed by atoms with Crippen LogP contribution in [0.15, 0.2) is 132 Å². The average Bonchev–Trinajstić information content (AvgIpc) is 3.12. The normalized spacial score (nSPS) is 11.7. The standard InChI is InChI=1S/C37H33ClFN3O6S/c1-47-32-17-9-27(10-18-32)24-42(36(28-5-3-2-4-6-28)37(44)40-23-26-7-11-29(38)12-8-26)35(43)25-48-33-19-21-34(22-20-33)49(45,46)41-31-15-13-30(39)14-16-31/h2-22,36,41H,23-25H2,1H3,(H,40,44)/t36-/m1/s1. The van der Waals surface area contributed by atoms with Crippen molar-refractivity contribution < 1.29 is 31.9 Å². The fraction of sp³-hybridized carbons (Fsp3) is 0.135. The van der Waals surface area contributed by atoms with Crippen molar-refractivity contribution >= 4 is 39.1 Å². The van der Waals surface area contributed by atoms with Gasteiger partial charge in [0.2, 0.25) is 5.91 Å². The summed E-state index contributed by atoms with van der Waals surface area (Å²) >= 11 is 6.02. The molecule has 0 aliphatic heterocycles. The van der Waals surface area contributed by atoms with Crippen LogP contribution in [0.25, 0.3) is 0 Å². The predicted molar refractivity (Wildman–Crippen MR) is 185 cm³/mol. The van der Waals surface area contributed by atoms with Crippen LogP contribution in [0.3, 0.4) is 0 Å². The van der Waals surface area contributed by atoms with Crippen molar-refractivity contribution in [2.45, 2.75) is 24.0 Å². The highest BCUT2D eigenvalue weighted by Gasteiger charge is 2.32. The number of hydrogen-bond acceptors (Lipinski definition) is 6. The molecule has 0 unspecified atom stereocenters. The molecule has 252 valence electrons. The molecule has 49 heavy (non-hydrogen) atoms. The zero-order valence-electron chi connectivity index (χ0n) is 26.4. The molecule has 9 nitrogen and oxygen atoms in total. The summed E-state index contributed by atoms with van der Waals surface area (Å²) in [5.74, 6) is -0.493. The van der Waals surface area contributed by atoms with Gasteiger partial charge in [0.15, 0.2) is 6.61 Å². The third kappa shape index (κ3) is 9.59. The van der Waals surface area contributed by atoms with Crippen LogP contribution in [-0.2, 0) is 32.7 Å². The van der Waals surface area contributed by atoms with Crippen LogP contribution in [0.4, 0.5) is 10.1 Å². The van der Waals surface area contributed by atoms with Crippen molar-refractivity contribution in [2.24, 2.45) is 0 Å². The Kier molecular flexibility index (Phi) is 11.5. The van der Waals surface area contributed by atoms with Crippen LogP contribution in [0.2, 0.25) is 5.02 Å². The maximum atomic E-state index is 14.0. The van der Waals surface area contributed by atoms with E-state index in [1.54, 1.807) is 55.6 Å². The number of carbonyl (C=O) groups excluding carboxylic acids is 2. The van der Waals surface area contributed by atoms with Crippen LogP contribution >= 0.6 is 11.6 Å². The molecule has 2 amide bonds. The van der Waals surface area contributed by atoms with Gasteiger partial charge in [-0.1, -0.05) is 66.2 Å². The van der Waals surface area contributed by atoms with Crippen LogP contribution in [0.5, 0.6) is 11.5 Å². The smallest absolute Gasteiger partial charge is 0.261 e. The molecule has 5 aromatic carbocycles. The first-order chi connectivity index (χ1) is 23.6. The molecule has 5 rings (SSSR count). The zero-order valence-corrected chi connectivity index (χ0v) is 28.0. The highest BCUT2D eigenvalue weighted by molar-refractivity contribution is 7.92. The van der Waals surface area contributed by atoms with E-state index in [9.17, 15) is 22.4 Å². The molecule has 5 aromatic rings. The Morgan fingerprint density at radius 2 is 1.41 bits per heavy atom. The SMILES string of the molecule is COc1ccc(CN(C(=O)COc2ccc(S(=O)(=O)Nc3ccc(F)cc3)cc2)[C@@H](C(=O)NCc2ccc(Cl)cc2)c2ccccc2)cc1. The van der Waals surface area contributed by atoms with Crippen LogP contribution in [0.1, 0.15) is 22.7 Å². The monoisotopic (exact) mass is 701 g/mol. The Morgan fingerprint density at radius 1 is 0.796 bits per heavy atom. The Balaban J connectivity index is 1.36. The third-order valence-electron chi connectivity index (χ3n) is 7.48. The molecule has 0 saturated heterocycles. The molecule has 0 aliphatic rings. The van der Waals surface area contributed by atoms with Gasteiger partial charge in [-0.2, -0.15) is 0 Å². The minimum Gasteiger partial charge on any atom is -0.497 e. The van der Waals surface area contributed by atoms with Crippen LogP contribution in [-0.4, -0.2) is 38.8 Å². The van der Waals surface area contributed by atoms with E-state index in [0.29, 0.717) is 16.3 Å². The molecule has 2 N–H and O–H groups in total. The second kappa shape index (κ2) is 16.1. The highest BCUT2D eigenvalue weighted by Crippen LogP contribution is 2.26. The van der Waals surface area contributed by atoms with Gasteiger partial charge < -0.3 is 19.7 Å². The lowest BCUT2D eigenvalue weighted by molar-refractivity contribution is -0.143. The number of benzene rings is 5. The first-order valence-electron chi connectivity index (χ1n) is 15.1. The second-order valence-electron chi connectivity index (χ2n) is 10.9. The fourth-order valence-corrected chi connectivity index (χ4v) is 6.11. The van der Waals surface area contributed by atoms with Gasteiger partial charge >= 0.3 is 0 Å². The molecule has 0 bridgehead atoms. The van der Waals surface area contributed by atoms with Crippen molar-refractivity contribution in [2.75, 3.05) is 18.4 Å². The molecule has 0 aromatic heterocycles. The topological polar surface area (TPSA) is 114 Å². The molecule has 1 atom stereocenters. The van der Waals surface area contributed by atoms with E-state index in [4.69, 9.17) is 21.1 Å². The van der Waals surface area contributed by atoms with E-state index in [1.165, 1.54) is 41.3 Å². The van der Waals surface area contributed by atoms with E-state index >= 15 is 0 Å². The number of anilines is 1. The van der Waals surface area contributed by atoms with Gasteiger partial charge in [-0.25, -0.2) is 12.8 Å². The molecule has 0 radical (unpaired) electrons. The summed E-state index contributed by atoms with van der Waals surface area (Å²) in [7, 11) is -2.41. The van der Waals surface area contributed by atoms with E-state index in [0.717, 1.165) is 23.3 Å². The summed E-state index contributed by atoms with van der Waals surface area (Å²) in [5.41, 5.74) is 2.39. The van der Waals surface area contributed by atoms with Crippen LogP contribution < -0.4 is 19.5 Å². The first kappa shape index (κ1) is 34.9. The Bertz CT molecular complexity index is 1960. The quantitative estimate of drug-likeness (QED) is 0.132. The summed E-state index contributed by atoms with van der Waals surface area (Å²) in [6, 6.07) is 32.6. The van der Waals surface area contributed by atoms with Crippen molar-refractivity contribution in [1.29, 1.82) is 0 Å². The molecule has 0 heterocycles. The average molecular weight is 702 g/mol. The number of nitrogens with zero attached hydrogens (tertiary/aromatic N) is 1. The van der Waals surface area contributed by atoms with Gasteiger partial charge in [0.25, 0.3) is 15.9 Å². The molecular weight excluding hydrogens is 669 g/mol. The number of ether oxygens (including phenoxy) is 2. The Morgan fingerprint density at radius 3 is 2.04 bits per heavy atom. The van der Waals surface area contributed by atoms with Gasteiger partial charge in [-0.3, -0.25) is 14.3 Å². The van der Waals surface area contributed by atoms with Crippen molar-refractivity contribution in [3.63, 3.8) is 0 Å². The second-order valence-corrected chi connectivity index (χ2v) is 13.0. The van der Waals surface area contributed by atoms with E-state index in [1.807, 2.05) is 30.3 Å². The maximum absolute atomic E-state index is 14.0. The summed E-state index contributed by atoms with van der Waals surface area (Å²) in [6.45, 7) is -0.151. The molecule has 12 heteroatoms. The first-order valence-corrected chi connectivity index (χ1v) is 17.0. The lowest BCUT2D eigenvalue weighted by atomic mass is 10.0. The van der Waals surface area contributed by atoms with Crippen molar-refractivity contribution in [3.05, 3.63) is 155 Å². The molecular formula is C37H33ClFN3O6S. The van der Waals surface area contributed by atoms with Gasteiger partial charge in [-0.15, -0.1) is 0 Å². The number of halogens is 2. The summed E-state index contributed by atoms with van der Waals surface area (Å²) in [4.78, 5) is 29.3. The van der Waals surface area contributed by atoms with E-state index < -0.39 is 40.3 Å².